The number of ether oxygens (including phenoxy) is 1. The van der Waals surface area contributed by atoms with Crippen LogP contribution in [-0.4, -0.2) is 6.29 Å². The fraction of sp³-hybridized carbons (Fsp3) is 0. The summed E-state index contributed by atoms with van der Waals surface area (Å²) in [7, 11) is 0. The maximum absolute atomic E-state index is 10.6. The molecule has 0 fully saturated rings. The molecule has 0 amide bonds. The number of hydrogen-bond donors (Lipinski definition) is 0. The Kier molecular flexibility index (Phi) is 4.52. The largest absolute Gasteiger partial charge is 0.457 e. The minimum Gasteiger partial charge on any atom is -0.457 e. The zero-order valence-corrected chi connectivity index (χ0v) is 12.4. The summed E-state index contributed by atoms with van der Waals surface area (Å²) in [6.45, 7) is 0. The molecule has 0 aliphatic heterocycles. The highest BCUT2D eigenvalue weighted by Gasteiger charge is 1.96. The first-order chi connectivity index (χ1) is 11.3. The molecule has 2 heteroatoms. The Labute approximate surface area is 135 Å². The Hall–Kier alpha value is -3.31. The molecule has 23 heavy (non-hydrogen) atoms. The van der Waals surface area contributed by atoms with E-state index in [4.69, 9.17) is 4.74 Å². The van der Waals surface area contributed by atoms with E-state index in [1.165, 1.54) is 0 Å². The molecule has 110 valence electrons. The van der Waals surface area contributed by atoms with Crippen molar-refractivity contribution < 1.29 is 9.53 Å². The fourth-order valence-corrected chi connectivity index (χ4v) is 2.02. The van der Waals surface area contributed by atoms with E-state index in [1.807, 2.05) is 66.7 Å². The fourth-order valence-electron chi connectivity index (χ4n) is 2.02. The topological polar surface area (TPSA) is 26.3 Å². The summed E-state index contributed by atoms with van der Waals surface area (Å²) in [6, 6.07) is 24.5. The van der Waals surface area contributed by atoms with Gasteiger partial charge in [-0.25, -0.2) is 0 Å². The molecule has 0 bridgehead atoms. The Morgan fingerprint density at radius 2 is 1.17 bits per heavy atom. The Morgan fingerprint density at radius 1 is 0.652 bits per heavy atom. The zero-order chi connectivity index (χ0) is 15.9. The predicted molar refractivity (Wildman–Crippen MR) is 90.8 cm³/mol. The standard InChI is InChI=1S/C21H14O2/c22-16-19-10-8-17(9-11-19)6-7-18-12-14-21(15-13-18)23-20-4-2-1-3-5-20/h1-5,8-16H. The average Bonchev–Trinajstić information content (AvgIpc) is 2.62. The van der Waals surface area contributed by atoms with E-state index < -0.39 is 0 Å². The molecule has 0 saturated carbocycles. The molecule has 3 aromatic rings. The lowest BCUT2D eigenvalue weighted by Gasteiger charge is -2.04. The summed E-state index contributed by atoms with van der Waals surface area (Å²) in [5, 5.41) is 0. The maximum atomic E-state index is 10.6. The van der Waals surface area contributed by atoms with Crippen molar-refractivity contribution in [3.05, 3.63) is 95.6 Å². The quantitative estimate of drug-likeness (QED) is 0.518. The highest BCUT2D eigenvalue weighted by Crippen LogP contribution is 2.20. The number of carbonyl (C=O) groups is 1. The molecular formula is C21H14O2. The minimum atomic E-state index is 0.651. The summed E-state index contributed by atoms with van der Waals surface area (Å²) < 4.78 is 5.74. The Morgan fingerprint density at radius 3 is 1.74 bits per heavy atom. The average molecular weight is 298 g/mol. The van der Waals surface area contributed by atoms with Gasteiger partial charge in [0.15, 0.2) is 0 Å². The van der Waals surface area contributed by atoms with Crippen LogP contribution in [0.2, 0.25) is 0 Å². The number of benzene rings is 3. The normalized spacial score (nSPS) is 9.57. The lowest BCUT2D eigenvalue weighted by molar-refractivity contribution is 0.112. The summed E-state index contributed by atoms with van der Waals surface area (Å²) in [6.07, 6.45) is 0.822. The van der Waals surface area contributed by atoms with Gasteiger partial charge in [0.05, 0.1) is 0 Å². The van der Waals surface area contributed by atoms with E-state index in [1.54, 1.807) is 12.1 Å². The highest BCUT2D eigenvalue weighted by molar-refractivity contribution is 5.74. The number of para-hydroxylation sites is 1. The molecule has 0 aliphatic carbocycles. The molecule has 0 atom stereocenters. The third kappa shape index (κ3) is 4.09. The predicted octanol–water partition coefficient (Wildman–Crippen LogP) is 4.69. The number of carbonyl (C=O) groups excluding carboxylic acids is 1. The molecule has 0 heterocycles. The van der Waals surface area contributed by atoms with Gasteiger partial charge in [-0.1, -0.05) is 42.2 Å². The minimum absolute atomic E-state index is 0.651. The summed E-state index contributed by atoms with van der Waals surface area (Å²) >= 11 is 0. The first-order valence-electron chi connectivity index (χ1n) is 7.24. The van der Waals surface area contributed by atoms with E-state index >= 15 is 0 Å². The molecule has 0 N–H and O–H groups in total. The van der Waals surface area contributed by atoms with Crippen molar-refractivity contribution in [1.82, 2.24) is 0 Å². The molecule has 0 saturated heterocycles. The van der Waals surface area contributed by atoms with Crippen LogP contribution in [0.4, 0.5) is 0 Å². The Balaban J connectivity index is 1.70. The van der Waals surface area contributed by atoms with Crippen LogP contribution in [-0.2, 0) is 0 Å². The SMILES string of the molecule is O=Cc1ccc(C#Cc2ccc(Oc3ccccc3)cc2)cc1. The molecule has 0 spiro atoms. The molecule has 0 unspecified atom stereocenters. The van der Waals surface area contributed by atoms with Gasteiger partial charge < -0.3 is 4.74 Å². The first kappa shape index (κ1) is 14.6. The van der Waals surface area contributed by atoms with E-state index in [2.05, 4.69) is 11.8 Å². The second kappa shape index (κ2) is 7.11. The van der Waals surface area contributed by atoms with Crippen molar-refractivity contribution in [3.63, 3.8) is 0 Å². The third-order valence-corrected chi connectivity index (χ3v) is 3.23. The van der Waals surface area contributed by atoms with Gasteiger partial charge in [-0.15, -0.1) is 0 Å². The van der Waals surface area contributed by atoms with Crippen molar-refractivity contribution >= 4 is 6.29 Å². The van der Waals surface area contributed by atoms with E-state index in [0.29, 0.717) is 5.56 Å². The molecule has 3 aromatic carbocycles. The summed E-state index contributed by atoms with van der Waals surface area (Å²) in [4.78, 5) is 10.6. The van der Waals surface area contributed by atoms with E-state index in [-0.39, 0.29) is 0 Å². The van der Waals surface area contributed by atoms with Crippen molar-refractivity contribution in [2.45, 2.75) is 0 Å². The van der Waals surface area contributed by atoms with Gasteiger partial charge in [0, 0.05) is 16.7 Å². The van der Waals surface area contributed by atoms with E-state index in [9.17, 15) is 4.79 Å². The lowest BCUT2D eigenvalue weighted by Crippen LogP contribution is -1.84. The molecule has 0 aromatic heterocycles. The van der Waals surface area contributed by atoms with Crippen molar-refractivity contribution in [3.8, 4) is 23.3 Å². The number of aldehydes is 1. The lowest BCUT2D eigenvalue weighted by atomic mass is 10.1. The van der Waals surface area contributed by atoms with Crippen molar-refractivity contribution in [2.75, 3.05) is 0 Å². The monoisotopic (exact) mass is 298 g/mol. The van der Waals surface area contributed by atoms with Crippen LogP contribution in [0.1, 0.15) is 21.5 Å². The highest BCUT2D eigenvalue weighted by atomic mass is 16.5. The Bertz CT molecular complexity index is 836. The second-order valence-corrected chi connectivity index (χ2v) is 4.93. The van der Waals surface area contributed by atoms with Crippen LogP contribution in [0.5, 0.6) is 11.5 Å². The molecular weight excluding hydrogens is 284 g/mol. The molecule has 3 rings (SSSR count). The third-order valence-electron chi connectivity index (χ3n) is 3.23. The van der Waals surface area contributed by atoms with Crippen molar-refractivity contribution in [2.24, 2.45) is 0 Å². The van der Waals surface area contributed by atoms with Gasteiger partial charge in [0.2, 0.25) is 0 Å². The smallest absolute Gasteiger partial charge is 0.150 e. The molecule has 0 aliphatic rings. The van der Waals surface area contributed by atoms with Gasteiger partial charge in [-0.2, -0.15) is 0 Å². The first-order valence-corrected chi connectivity index (χ1v) is 7.24. The summed E-state index contributed by atoms with van der Waals surface area (Å²) in [5.41, 5.74) is 2.43. The van der Waals surface area contributed by atoms with Gasteiger partial charge in [0.1, 0.15) is 17.8 Å². The molecule has 2 nitrogen and oxygen atoms in total. The second-order valence-electron chi connectivity index (χ2n) is 4.93. The van der Waals surface area contributed by atoms with Gasteiger partial charge in [-0.3, -0.25) is 4.79 Å². The van der Waals surface area contributed by atoms with Crippen LogP contribution < -0.4 is 4.74 Å². The van der Waals surface area contributed by atoms with E-state index in [0.717, 1.165) is 28.9 Å². The van der Waals surface area contributed by atoms with Crippen LogP contribution in [0.25, 0.3) is 0 Å². The van der Waals surface area contributed by atoms with Crippen molar-refractivity contribution in [1.29, 1.82) is 0 Å². The van der Waals surface area contributed by atoms with Crippen LogP contribution >= 0.6 is 0 Å². The zero-order valence-electron chi connectivity index (χ0n) is 12.4. The van der Waals surface area contributed by atoms with Gasteiger partial charge in [0.25, 0.3) is 0 Å². The van der Waals surface area contributed by atoms with Crippen LogP contribution in [0.15, 0.2) is 78.9 Å². The van der Waals surface area contributed by atoms with Gasteiger partial charge in [-0.05, 0) is 48.5 Å². The maximum Gasteiger partial charge on any atom is 0.150 e. The summed E-state index contributed by atoms with van der Waals surface area (Å²) in [5.74, 6) is 7.75. The molecule has 0 radical (unpaired) electrons. The van der Waals surface area contributed by atoms with Crippen LogP contribution in [0, 0.1) is 11.8 Å². The number of rotatable bonds is 3. The van der Waals surface area contributed by atoms with Gasteiger partial charge >= 0.3 is 0 Å². The van der Waals surface area contributed by atoms with Crippen LogP contribution in [0.3, 0.4) is 0 Å². The number of hydrogen-bond acceptors (Lipinski definition) is 2.